The van der Waals surface area contributed by atoms with E-state index in [0.717, 1.165) is 11.3 Å². The number of imidazole rings is 1. The smallest absolute Gasteiger partial charge is 0.221 e. The van der Waals surface area contributed by atoms with Crippen molar-refractivity contribution in [3.05, 3.63) is 47.8 Å². The normalized spacial score (nSPS) is 11.0. The number of anilines is 1. The van der Waals surface area contributed by atoms with Crippen molar-refractivity contribution in [3.63, 3.8) is 0 Å². The van der Waals surface area contributed by atoms with Crippen LogP contribution < -0.4 is 5.73 Å². The van der Waals surface area contributed by atoms with E-state index in [2.05, 4.69) is 10.1 Å². The summed E-state index contributed by atoms with van der Waals surface area (Å²) in [5.41, 5.74) is 7.53. The summed E-state index contributed by atoms with van der Waals surface area (Å²) in [4.78, 5) is 4.05. The summed E-state index contributed by atoms with van der Waals surface area (Å²) < 4.78 is 1.56. The van der Waals surface area contributed by atoms with Crippen molar-refractivity contribution in [1.82, 2.24) is 9.66 Å². The topological polar surface area (TPSA) is 56.2 Å². The maximum atomic E-state index is 5.64. The van der Waals surface area contributed by atoms with E-state index < -0.39 is 0 Å². The maximum Gasteiger partial charge on any atom is 0.221 e. The third-order valence-corrected chi connectivity index (χ3v) is 1.97. The van der Waals surface area contributed by atoms with Crippen LogP contribution in [0, 0.1) is 6.92 Å². The number of nitrogens with two attached hydrogens (primary N) is 1. The molecular weight excluding hydrogens is 188 g/mol. The quantitative estimate of drug-likeness (QED) is 0.749. The molecule has 1 aromatic carbocycles. The first-order chi connectivity index (χ1) is 7.25. The van der Waals surface area contributed by atoms with Gasteiger partial charge in [0, 0.05) is 0 Å². The predicted octanol–water partition coefficient (Wildman–Crippen LogP) is 1.66. The lowest BCUT2D eigenvalue weighted by atomic mass is 10.2. The second kappa shape index (κ2) is 3.96. The molecule has 2 aromatic rings. The van der Waals surface area contributed by atoms with Crippen molar-refractivity contribution in [2.45, 2.75) is 6.92 Å². The fourth-order valence-corrected chi connectivity index (χ4v) is 1.26. The van der Waals surface area contributed by atoms with Crippen LogP contribution in [-0.2, 0) is 0 Å². The van der Waals surface area contributed by atoms with Crippen LogP contribution in [0.25, 0.3) is 0 Å². The Bertz CT molecular complexity index is 471. The Morgan fingerprint density at radius 1 is 1.33 bits per heavy atom. The first kappa shape index (κ1) is 9.45. The lowest BCUT2D eigenvalue weighted by molar-refractivity contribution is 0.897. The molecule has 0 fully saturated rings. The Hall–Kier alpha value is -2.10. The summed E-state index contributed by atoms with van der Waals surface area (Å²) >= 11 is 0. The van der Waals surface area contributed by atoms with Gasteiger partial charge in [0.15, 0.2) is 0 Å². The van der Waals surface area contributed by atoms with Crippen molar-refractivity contribution in [2.24, 2.45) is 5.10 Å². The van der Waals surface area contributed by atoms with Crippen LogP contribution in [0.4, 0.5) is 5.95 Å². The van der Waals surface area contributed by atoms with Gasteiger partial charge in [0.05, 0.1) is 18.1 Å². The van der Waals surface area contributed by atoms with Crippen molar-refractivity contribution in [3.8, 4) is 0 Å². The molecule has 0 saturated heterocycles. The van der Waals surface area contributed by atoms with Crippen LogP contribution in [0.3, 0.4) is 0 Å². The third kappa shape index (κ3) is 2.22. The average Bonchev–Trinajstić information content (AvgIpc) is 2.56. The van der Waals surface area contributed by atoms with E-state index in [9.17, 15) is 0 Å². The molecule has 0 saturated carbocycles. The van der Waals surface area contributed by atoms with Gasteiger partial charge < -0.3 is 5.73 Å². The number of hydrogen-bond acceptors (Lipinski definition) is 3. The molecule has 4 heteroatoms. The Morgan fingerprint density at radius 2 is 2.07 bits per heavy atom. The van der Waals surface area contributed by atoms with Gasteiger partial charge in [-0.2, -0.15) is 5.10 Å². The minimum Gasteiger partial charge on any atom is -0.368 e. The average molecular weight is 200 g/mol. The number of aryl methyl sites for hydroxylation is 1. The SMILES string of the molecule is Cc1cn(/N=C/c2ccccc2)c(N)n1. The largest absolute Gasteiger partial charge is 0.368 e. The van der Waals surface area contributed by atoms with Crippen LogP contribution in [0.1, 0.15) is 11.3 Å². The lowest BCUT2D eigenvalue weighted by Gasteiger charge is -1.94. The molecule has 0 atom stereocenters. The van der Waals surface area contributed by atoms with Gasteiger partial charge >= 0.3 is 0 Å². The Morgan fingerprint density at radius 3 is 2.67 bits per heavy atom. The summed E-state index contributed by atoms with van der Waals surface area (Å²) in [5, 5.41) is 4.20. The molecular formula is C11H12N4. The molecule has 0 unspecified atom stereocenters. The molecule has 1 aromatic heterocycles. The van der Waals surface area contributed by atoms with Crippen molar-refractivity contribution in [1.29, 1.82) is 0 Å². The van der Waals surface area contributed by atoms with E-state index >= 15 is 0 Å². The van der Waals surface area contributed by atoms with E-state index in [-0.39, 0.29) is 0 Å². The van der Waals surface area contributed by atoms with E-state index in [1.807, 2.05) is 37.3 Å². The fraction of sp³-hybridized carbons (Fsp3) is 0.0909. The highest BCUT2D eigenvalue weighted by atomic mass is 15.4. The third-order valence-electron chi connectivity index (χ3n) is 1.97. The van der Waals surface area contributed by atoms with Crippen LogP contribution in [0.15, 0.2) is 41.6 Å². The molecule has 0 aliphatic heterocycles. The molecule has 2 rings (SSSR count). The van der Waals surface area contributed by atoms with Crippen molar-refractivity contribution in [2.75, 3.05) is 5.73 Å². The summed E-state index contributed by atoms with van der Waals surface area (Å²) in [6.45, 7) is 1.88. The number of benzene rings is 1. The predicted molar refractivity (Wildman–Crippen MR) is 60.8 cm³/mol. The standard InChI is InChI=1S/C11H12N4/c1-9-8-15(11(12)14-9)13-7-10-5-3-2-4-6-10/h2-8H,1H3,(H2,12,14)/b13-7+. The zero-order valence-electron chi connectivity index (χ0n) is 8.46. The fourth-order valence-electron chi connectivity index (χ4n) is 1.26. The van der Waals surface area contributed by atoms with Gasteiger partial charge in [0.1, 0.15) is 0 Å². The van der Waals surface area contributed by atoms with Crippen LogP contribution in [0.5, 0.6) is 0 Å². The van der Waals surface area contributed by atoms with Crippen LogP contribution in [-0.4, -0.2) is 15.9 Å². The second-order valence-electron chi connectivity index (χ2n) is 3.24. The highest BCUT2D eigenvalue weighted by Gasteiger charge is 1.97. The van der Waals surface area contributed by atoms with Gasteiger partial charge in [-0.1, -0.05) is 30.3 Å². The van der Waals surface area contributed by atoms with Gasteiger partial charge in [-0.3, -0.25) is 0 Å². The van der Waals surface area contributed by atoms with Crippen molar-refractivity contribution < 1.29 is 0 Å². The summed E-state index contributed by atoms with van der Waals surface area (Å²) in [6.07, 6.45) is 3.53. The van der Waals surface area contributed by atoms with Gasteiger partial charge in [0.2, 0.25) is 5.95 Å². The van der Waals surface area contributed by atoms with Gasteiger partial charge in [0.25, 0.3) is 0 Å². The van der Waals surface area contributed by atoms with Crippen LogP contribution in [0.2, 0.25) is 0 Å². The Kier molecular flexibility index (Phi) is 2.49. The Balaban J connectivity index is 2.22. The number of rotatable bonds is 2. The second-order valence-corrected chi connectivity index (χ2v) is 3.24. The molecule has 0 spiro atoms. The van der Waals surface area contributed by atoms with E-state index in [1.165, 1.54) is 0 Å². The van der Waals surface area contributed by atoms with E-state index in [0.29, 0.717) is 5.95 Å². The number of hydrogen-bond donors (Lipinski definition) is 1. The molecule has 0 amide bonds. The molecule has 76 valence electrons. The summed E-state index contributed by atoms with van der Waals surface area (Å²) in [5.74, 6) is 0.402. The number of nitrogens with zero attached hydrogens (tertiary/aromatic N) is 3. The van der Waals surface area contributed by atoms with Gasteiger partial charge in [-0.15, -0.1) is 0 Å². The monoisotopic (exact) mass is 200 g/mol. The van der Waals surface area contributed by atoms with Crippen LogP contribution >= 0.6 is 0 Å². The summed E-state index contributed by atoms with van der Waals surface area (Å²) in [6, 6.07) is 9.84. The first-order valence-corrected chi connectivity index (χ1v) is 4.66. The number of nitrogen functional groups attached to an aromatic ring is 1. The molecule has 0 radical (unpaired) electrons. The Labute approximate surface area is 88.1 Å². The molecule has 0 bridgehead atoms. The maximum absolute atomic E-state index is 5.64. The first-order valence-electron chi connectivity index (χ1n) is 4.66. The van der Waals surface area contributed by atoms with Crippen molar-refractivity contribution >= 4 is 12.2 Å². The zero-order valence-corrected chi connectivity index (χ0v) is 8.46. The molecule has 0 aliphatic carbocycles. The van der Waals surface area contributed by atoms with Gasteiger partial charge in [-0.05, 0) is 12.5 Å². The van der Waals surface area contributed by atoms with Gasteiger partial charge in [-0.25, -0.2) is 9.66 Å². The van der Waals surface area contributed by atoms with E-state index in [4.69, 9.17) is 5.73 Å². The lowest BCUT2D eigenvalue weighted by Crippen LogP contribution is -1.96. The highest BCUT2D eigenvalue weighted by Crippen LogP contribution is 2.03. The minimum atomic E-state index is 0.402. The molecule has 1 heterocycles. The molecule has 4 nitrogen and oxygen atoms in total. The zero-order chi connectivity index (χ0) is 10.7. The molecule has 0 aliphatic rings. The molecule has 15 heavy (non-hydrogen) atoms. The minimum absolute atomic E-state index is 0.402. The highest BCUT2D eigenvalue weighted by molar-refractivity contribution is 5.79. The van der Waals surface area contributed by atoms with E-state index in [1.54, 1.807) is 17.1 Å². The molecule has 2 N–H and O–H groups in total. The summed E-state index contributed by atoms with van der Waals surface area (Å²) in [7, 11) is 0. The number of aromatic nitrogens is 2.